The summed E-state index contributed by atoms with van der Waals surface area (Å²) in [5.74, 6) is 1.02. The molecule has 0 unspecified atom stereocenters. The number of aromatic nitrogens is 2. The monoisotopic (exact) mass is 346 g/mol. The first-order chi connectivity index (χ1) is 12.7. The van der Waals surface area contributed by atoms with Crippen LogP contribution in [0.5, 0.6) is 0 Å². The van der Waals surface area contributed by atoms with E-state index in [-0.39, 0.29) is 0 Å². The molecule has 0 saturated carbocycles. The number of rotatable bonds is 3. The topological polar surface area (TPSA) is 32.3 Å². The standard InChI is InChI=1S/C22H26N4/c1-4-25-11-13-26(14-12-25)22-20-8-6-5-7-19(20)21(23-24-22)18-10-9-16(2)17(3)15-18/h5-10,15H,4,11-14H2,1-3H3. The van der Waals surface area contributed by atoms with Gasteiger partial charge in [0.1, 0.15) is 5.69 Å². The van der Waals surface area contributed by atoms with Crippen LogP contribution in [-0.2, 0) is 0 Å². The molecule has 1 fully saturated rings. The highest BCUT2D eigenvalue weighted by molar-refractivity contribution is 6.00. The molecule has 4 rings (SSSR count). The molecule has 1 aromatic heterocycles. The fourth-order valence-electron chi connectivity index (χ4n) is 3.70. The van der Waals surface area contributed by atoms with Gasteiger partial charge in [-0.2, -0.15) is 0 Å². The van der Waals surface area contributed by atoms with Crippen LogP contribution >= 0.6 is 0 Å². The van der Waals surface area contributed by atoms with Gasteiger partial charge in [0.15, 0.2) is 5.82 Å². The van der Waals surface area contributed by atoms with Crippen LogP contribution in [0, 0.1) is 13.8 Å². The van der Waals surface area contributed by atoms with Crippen LogP contribution in [-0.4, -0.2) is 47.8 Å². The molecule has 0 amide bonds. The molecule has 134 valence electrons. The van der Waals surface area contributed by atoms with E-state index in [1.165, 1.54) is 21.9 Å². The number of fused-ring (bicyclic) bond motifs is 1. The number of piperazine rings is 1. The van der Waals surface area contributed by atoms with Crippen molar-refractivity contribution in [3.05, 3.63) is 53.6 Å². The number of nitrogens with zero attached hydrogens (tertiary/aromatic N) is 4. The maximum Gasteiger partial charge on any atom is 0.159 e. The van der Waals surface area contributed by atoms with Gasteiger partial charge < -0.3 is 9.80 Å². The number of hydrogen-bond donors (Lipinski definition) is 0. The number of aryl methyl sites for hydroxylation is 2. The Morgan fingerprint density at radius 3 is 2.27 bits per heavy atom. The van der Waals surface area contributed by atoms with Gasteiger partial charge in [-0.3, -0.25) is 0 Å². The summed E-state index contributed by atoms with van der Waals surface area (Å²) in [5, 5.41) is 11.7. The van der Waals surface area contributed by atoms with Crippen molar-refractivity contribution in [2.24, 2.45) is 0 Å². The molecule has 0 spiro atoms. The Balaban J connectivity index is 1.77. The van der Waals surface area contributed by atoms with Crippen molar-refractivity contribution in [2.45, 2.75) is 20.8 Å². The molecule has 0 N–H and O–H groups in total. The molecule has 1 aliphatic heterocycles. The third-order valence-electron chi connectivity index (χ3n) is 5.57. The van der Waals surface area contributed by atoms with E-state index >= 15 is 0 Å². The highest BCUT2D eigenvalue weighted by atomic mass is 15.3. The molecule has 1 aliphatic rings. The third kappa shape index (κ3) is 3.06. The van der Waals surface area contributed by atoms with Gasteiger partial charge in [-0.1, -0.05) is 43.3 Å². The smallest absolute Gasteiger partial charge is 0.159 e. The lowest BCUT2D eigenvalue weighted by Crippen LogP contribution is -2.46. The van der Waals surface area contributed by atoms with Crippen molar-refractivity contribution in [3.8, 4) is 11.3 Å². The Morgan fingerprint density at radius 1 is 0.846 bits per heavy atom. The lowest BCUT2D eigenvalue weighted by molar-refractivity contribution is 0.270. The quantitative estimate of drug-likeness (QED) is 0.716. The number of hydrogen-bond acceptors (Lipinski definition) is 4. The van der Waals surface area contributed by atoms with Crippen LogP contribution in [0.25, 0.3) is 22.0 Å². The van der Waals surface area contributed by atoms with E-state index < -0.39 is 0 Å². The SMILES string of the molecule is CCN1CCN(c2nnc(-c3ccc(C)c(C)c3)c3ccccc23)CC1. The van der Waals surface area contributed by atoms with E-state index in [0.717, 1.165) is 49.8 Å². The van der Waals surface area contributed by atoms with Crippen LogP contribution in [0.15, 0.2) is 42.5 Å². The van der Waals surface area contributed by atoms with Crippen molar-refractivity contribution < 1.29 is 0 Å². The average Bonchev–Trinajstić information content (AvgIpc) is 2.69. The lowest BCUT2D eigenvalue weighted by Gasteiger charge is -2.35. The second-order valence-corrected chi connectivity index (χ2v) is 7.14. The van der Waals surface area contributed by atoms with Gasteiger partial charge in [-0.15, -0.1) is 10.2 Å². The molecular weight excluding hydrogens is 320 g/mol. The van der Waals surface area contributed by atoms with Crippen molar-refractivity contribution >= 4 is 16.6 Å². The first-order valence-corrected chi connectivity index (χ1v) is 9.47. The predicted molar refractivity (Wildman–Crippen MR) is 109 cm³/mol. The largest absolute Gasteiger partial charge is 0.352 e. The second kappa shape index (κ2) is 7.04. The Bertz CT molecular complexity index is 927. The summed E-state index contributed by atoms with van der Waals surface area (Å²) < 4.78 is 0. The maximum absolute atomic E-state index is 4.67. The second-order valence-electron chi connectivity index (χ2n) is 7.14. The van der Waals surface area contributed by atoms with Gasteiger partial charge in [0.05, 0.1) is 0 Å². The first-order valence-electron chi connectivity index (χ1n) is 9.47. The Morgan fingerprint density at radius 2 is 1.58 bits per heavy atom. The van der Waals surface area contributed by atoms with E-state index in [2.05, 4.69) is 83.2 Å². The molecule has 26 heavy (non-hydrogen) atoms. The molecule has 0 aliphatic carbocycles. The lowest BCUT2D eigenvalue weighted by atomic mass is 10.0. The number of anilines is 1. The Kier molecular flexibility index (Phi) is 4.60. The van der Waals surface area contributed by atoms with Crippen molar-refractivity contribution in [2.75, 3.05) is 37.6 Å². The summed E-state index contributed by atoms with van der Waals surface area (Å²) in [6, 6.07) is 15.1. The Labute approximate surface area is 155 Å². The predicted octanol–water partition coefficient (Wildman–Crippen LogP) is 4.06. The van der Waals surface area contributed by atoms with Gasteiger partial charge in [0.25, 0.3) is 0 Å². The highest BCUT2D eigenvalue weighted by Crippen LogP contribution is 2.32. The van der Waals surface area contributed by atoms with E-state index in [9.17, 15) is 0 Å². The zero-order valence-corrected chi connectivity index (χ0v) is 15.9. The van der Waals surface area contributed by atoms with Crippen molar-refractivity contribution in [3.63, 3.8) is 0 Å². The molecule has 2 aromatic carbocycles. The van der Waals surface area contributed by atoms with E-state index in [1.54, 1.807) is 0 Å². The highest BCUT2D eigenvalue weighted by Gasteiger charge is 2.20. The van der Waals surface area contributed by atoms with Crippen LogP contribution in [0.2, 0.25) is 0 Å². The minimum Gasteiger partial charge on any atom is -0.352 e. The van der Waals surface area contributed by atoms with Crippen LogP contribution in [0.4, 0.5) is 5.82 Å². The summed E-state index contributed by atoms with van der Waals surface area (Å²) >= 11 is 0. The van der Waals surface area contributed by atoms with Crippen LogP contribution < -0.4 is 4.90 Å². The minimum atomic E-state index is 0.972. The number of benzene rings is 2. The zero-order valence-electron chi connectivity index (χ0n) is 15.9. The fourth-order valence-corrected chi connectivity index (χ4v) is 3.70. The summed E-state index contributed by atoms with van der Waals surface area (Å²) in [5.41, 5.74) is 4.70. The van der Waals surface area contributed by atoms with Gasteiger partial charge in [0, 0.05) is 42.5 Å². The maximum atomic E-state index is 4.67. The number of likely N-dealkylation sites (N-methyl/N-ethyl adjacent to an activating group) is 1. The average molecular weight is 346 g/mol. The normalized spacial score (nSPS) is 15.6. The Hall–Kier alpha value is -2.46. The third-order valence-corrected chi connectivity index (χ3v) is 5.57. The van der Waals surface area contributed by atoms with Gasteiger partial charge in [-0.25, -0.2) is 0 Å². The molecule has 1 saturated heterocycles. The fraction of sp³-hybridized carbons (Fsp3) is 0.364. The molecule has 0 atom stereocenters. The van der Waals surface area contributed by atoms with Crippen molar-refractivity contribution in [1.82, 2.24) is 15.1 Å². The molecular formula is C22H26N4. The summed E-state index contributed by atoms with van der Waals surface area (Å²) in [6.07, 6.45) is 0. The van der Waals surface area contributed by atoms with Gasteiger partial charge in [-0.05, 0) is 37.6 Å². The molecule has 3 aromatic rings. The van der Waals surface area contributed by atoms with Crippen molar-refractivity contribution in [1.29, 1.82) is 0 Å². The summed E-state index contributed by atoms with van der Waals surface area (Å²) in [4.78, 5) is 4.86. The molecule has 4 nitrogen and oxygen atoms in total. The van der Waals surface area contributed by atoms with Gasteiger partial charge >= 0.3 is 0 Å². The zero-order chi connectivity index (χ0) is 18.1. The van der Waals surface area contributed by atoms with Crippen LogP contribution in [0.3, 0.4) is 0 Å². The summed E-state index contributed by atoms with van der Waals surface area (Å²) in [6.45, 7) is 11.8. The van der Waals surface area contributed by atoms with E-state index in [1.807, 2.05) is 0 Å². The molecule has 0 bridgehead atoms. The van der Waals surface area contributed by atoms with Crippen LogP contribution in [0.1, 0.15) is 18.1 Å². The minimum absolute atomic E-state index is 0.972. The molecule has 0 radical (unpaired) electrons. The van der Waals surface area contributed by atoms with E-state index in [0.29, 0.717) is 0 Å². The molecule has 4 heteroatoms. The molecule has 2 heterocycles. The van der Waals surface area contributed by atoms with Gasteiger partial charge in [0.2, 0.25) is 0 Å². The summed E-state index contributed by atoms with van der Waals surface area (Å²) in [7, 11) is 0. The van der Waals surface area contributed by atoms with E-state index in [4.69, 9.17) is 0 Å². The first kappa shape index (κ1) is 17.0.